The average Bonchev–Trinajstić information content (AvgIpc) is 3.16. The van der Waals surface area contributed by atoms with Crippen molar-refractivity contribution >= 4 is 11.0 Å². The van der Waals surface area contributed by atoms with Crippen molar-refractivity contribution in [2.24, 2.45) is 0 Å². The second-order valence-electron chi connectivity index (χ2n) is 6.92. The number of halogens is 3. The van der Waals surface area contributed by atoms with Crippen molar-refractivity contribution in [1.29, 1.82) is 0 Å². The van der Waals surface area contributed by atoms with Crippen molar-refractivity contribution in [3.63, 3.8) is 0 Å². The van der Waals surface area contributed by atoms with Gasteiger partial charge in [-0.2, -0.15) is 13.2 Å². The maximum Gasteiger partial charge on any atom is 0.433 e. The third-order valence-corrected chi connectivity index (χ3v) is 4.88. The lowest BCUT2D eigenvalue weighted by Crippen LogP contribution is -2.07. The first-order chi connectivity index (χ1) is 14.4. The van der Waals surface area contributed by atoms with Gasteiger partial charge >= 0.3 is 6.18 Å². The van der Waals surface area contributed by atoms with E-state index in [4.69, 9.17) is 6.42 Å². The van der Waals surface area contributed by atoms with Crippen LogP contribution in [0.2, 0.25) is 0 Å². The lowest BCUT2D eigenvalue weighted by atomic mass is 10.0. The summed E-state index contributed by atoms with van der Waals surface area (Å²) >= 11 is 0. The van der Waals surface area contributed by atoms with E-state index in [0.29, 0.717) is 19.3 Å². The van der Waals surface area contributed by atoms with Gasteiger partial charge in [-0.05, 0) is 47.7 Å². The molecule has 150 valence electrons. The van der Waals surface area contributed by atoms with Crippen LogP contribution in [0.3, 0.4) is 0 Å². The van der Waals surface area contributed by atoms with E-state index < -0.39 is 11.9 Å². The van der Waals surface area contributed by atoms with Crippen LogP contribution in [0.4, 0.5) is 13.2 Å². The average molecular weight is 406 g/mol. The van der Waals surface area contributed by atoms with Crippen LogP contribution in [-0.4, -0.2) is 19.9 Å². The molecule has 0 radical (unpaired) electrons. The van der Waals surface area contributed by atoms with Crippen molar-refractivity contribution in [1.82, 2.24) is 19.9 Å². The fourth-order valence-electron chi connectivity index (χ4n) is 3.32. The van der Waals surface area contributed by atoms with Gasteiger partial charge in [0.2, 0.25) is 0 Å². The van der Waals surface area contributed by atoms with Crippen molar-refractivity contribution in [2.75, 3.05) is 0 Å². The van der Waals surface area contributed by atoms with Crippen LogP contribution in [0.5, 0.6) is 0 Å². The van der Waals surface area contributed by atoms with Crippen molar-refractivity contribution in [3.8, 4) is 12.3 Å². The Bertz CT molecular complexity index is 1200. The molecule has 1 N–H and O–H groups in total. The smallest absolute Gasteiger partial charge is 0.346 e. The van der Waals surface area contributed by atoms with Crippen LogP contribution in [-0.2, 0) is 25.4 Å². The minimum atomic E-state index is -4.42. The number of terminal acetylenes is 1. The fourth-order valence-corrected chi connectivity index (χ4v) is 3.32. The highest BCUT2D eigenvalue weighted by molar-refractivity contribution is 5.86. The Morgan fingerprint density at radius 3 is 2.40 bits per heavy atom. The molecule has 0 aliphatic heterocycles. The van der Waals surface area contributed by atoms with E-state index >= 15 is 0 Å². The van der Waals surface area contributed by atoms with E-state index in [2.05, 4.69) is 25.9 Å². The molecule has 4 rings (SSSR count). The summed E-state index contributed by atoms with van der Waals surface area (Å²) in [5.74, 6) is 2.69. The summed E-state index contributed by atoms with van der Waals surface area (Å²) in [6.45, 7) is 0. The molecule has 0 atom stereocenters. The molecule has 0 unspecified atom stereocenters. The summed E-state index contributed by atoms with van der Waals surface area (Å²) in [5.41, 5.74) is 4.36. The zero-order valence-electron chi connectivity index (χ0n) is 15.9. The molecule has 4 nitrogen and oxygen atoms in total. The number of hydrogen-bond donors (Lipinski definition) is 1. The van der Waals surface area contributed by atoms with E-state index in [1.807, 2.05) is 30.6 Å². The molecule has 0 spiro atoms. The van der Waals surface area contributed by atoms with E-state index in [9.17, 15) is 13.2 Å². The number of H-pyrrole nitrogens is 1. The van der Waals surface area contributed by atoms with Gasteiger partial charge in [0.25, 0.3) is 0 Å². The lowest BCUT2D eigenvalue weighted by Gasteiger charge is -2.07. The lowest BCUT2D eigenvalue weighted by molar-refractivity contribution is -0.141. The van der Waals surface area contributed by atoms with E-state index in [-0.39, 0.29) is 0 Å². The zero-order chi connectivity index (χ0) is 21.1. The highest BCUT2D eigenvalue weighted by atomic mass is 19.4. The summed E-state index contributed by atoms with van der Waals surface area (Å²) in [4.78, 5) is 15.4. The molecule has 4 heterocycles. The van der Waals surface area contributed by atoms with E-state index in [1.165, 1.54) is 12.3 Å². The maximum atomic E-state index is 12.6. The number of aromatic nitrogens is 4. The quantitative estimate of drug-likeness (QED) is 0.488. The Balaban J connectivity index is 1.42. The highest BCUT2D eigenvalue weighted by Gasteiger charge is 2.31. The number of aromatic amines is 1. The van der Waals surface area contributed by atoms with Crippen LogP contribution >= 0.6 is 0 Å². The summed E-state index contributed by atoms with van der Waals surface area (Å²) in [5, 5.41) is 0.943. The van der Waals surface area contributed by atoms with Gasteiger partial charge in [0.05, 0.1) is 0 Å². The minimum absolute atomic E-state index is 0.567. The summed E-state index contributed by atoms with van der Waals surface area (Å²) in [7, 11) is 0. The van der Waals surface area contributed by atoms with Crippen molar-refractivity contribution in [3.05, 3.63) is 88.8 Å². The number of nitrogens with zero attached hydrogens (tertiary/aromatic N) is 3. The number of fused-ring (bicyclic) bond motifs is 1. The molecule has 0 aliphatic carbocycles. The first-order valence-electron chi connectivity index (χ1n) is 9.31. The maximum absolute atomic E-state index is 12.6. The number of hydrogen-bond acceptors (Lipinski definition) is 3. The SMILES string of the molecule is C#Cc1ccnc2[nH]cc(Cc3ccc(CCc4ccc(C(F)(F)F)nc4)nc3)c12. The summed E-state index contributed by atoms with van der Waals surface area (Å²) < 4.78 is 37.8. The van der Waals surface area contributed by atoms with Gasteiger partial charge in [0.15, 0.2) is 0 Å². The second kappa shape index (κ2) is 7.99. The predicted octanol–water partition coefficient (Wildman–Crippen LogP) is 4.73. The minimum Gasteiger partial charge on any atom is -0.346 e. The van der Waals surface area contributed by atoms with Gasteiger partial charge in [-0.15, -0.1) is 6.42 Å². The molecular weight excluding hydrogens is 389 g/mol. The van der Waals surface area contributed by atoms with E-state index in [1.54, 1.807) is 6.20 Å². The predicted molar refractivity (Wildman–Crippen MR) is 108 cm³/mol. The van der Waals surface area contributed by atoms with Crippen molar-refractivity contribution < 1.29 is 13.2 Å². The van der Waals surface area contributed by atoms with Crippen LogP contribution in [0.25, 0.3) is 11.0 Å². The van der Waals surface area contributed by atoms with Gasteiger partial charge in [-0.1, -0.05) is 18.1 Å². The topological polar surface area (TPSA) is 54.5 Å². The number of rotatable bonds is 5. The van der Waals surface area contributed by atoms with Gasteiger partial charge in [-0.25, -0.2) is 4.98 Å². The Hall–Kier alpha value is -3.66. The Morgan fingerprint density at radius 2 is 1.73 bits per heavy atom. The Morgan fingerprint density at radius 1 is 0.933 bits per heavy atom. The molecule has 0 saturated carbocycles. The molecule has 0 amide bonds. The van der Waals surface area contributed by atoms with Gasteiger partial charge < -0.3 is 4.98 Å². The standard InChI is InChI=1S/C23H17F3N4/c1-2-17-9-10-27-22-21(17)18(14-30-22)11-16-4-7-19(28-13-16)6-3-15-5-8-20(29-12-15)23(24,25)26/h1,4-5,7-10,12-14H,3,6,11H2,(H,27,30). The molecule has 0 saturated heterocycles. The first-order valence-corrected chi connectivity index (χ1v) is 9.31. The summed E-state index contributed by atoms with van der Waals surface area (Å²) in [6, 6.07) is 8.21. The molecule has 0 aliphatic rings. The van der Waals surface area contributed by atoms with Crippen LogP contribution in [0, 0.1) is 12.3 Å². The molecule has 4 aromatic rings. The fraction of sp³-hybridized carbons (Fsp3) is 0.174. The zero-order valence-corrected chi connectivity index (χ0v) is 15.9. The molecule has 30 heavy (non-hydrogen) atoms. The van der Waals surface area contributed by atoms with Gasteiger partial charge in [0.1, 0.15) is 11.3 Å². The molecule has 0 fully saturated rings. The normalized spacial score (nSPS) is 11.5. The third kappa shape index (κ3) is 4.18. The van der Waals surface area contributed by atoms with Gasteiger partial charge in [0, 0.05) is 47.9 Å². The van der Waals surface area contributed by atoms with Crippen LogP contribution in [0.15, 0.2) is 55.1 Å². The van der Waals surface area contributed by atoms with Crippen LogP contribution in [0.1, 0.15) is 33.6 Å². The number of alkyl halides is 3. The molecule has 7 heteroatoms. The van der Waals surface area contributed by atoms with Crippen LogP contribution < -0.4 is 0 Å². The Labute approximate surface area is 171 Å². The number of nitrogens with one attached hydrogen (secondary N) is 1. The van der Waals surface area contributed by atoms with E-state index in [0.717, 1.165) is 45.0 Å². The van der Waals surface area contributed by atoms with Crippen molar-refractivity contribution in [2.45, 2.75) is 25.4 Å². The third-order valence-electron chi connectivity index (χ3n) is 4.88. The first kappa shape index (κ1) is 19.6. The largest absolute Gasteiger partial charge is 0.433 e. The Kier molecular flexibility index (Phi) is 5.23. The number of pyridine rings is 3. The number of aryl methyl sites for hydroxylation is 2. The molecule has 4 aromatic heterocycles. The second-order valence-corrected chi connectivity index (χ2v) is 6.92. The molecule has 0 bridgehead atoms. The monoisotopic (exact) mass is 406 g/mol. The summed E-state index contributed by atoms with van der Waals surface area (Å²) in [6.07, 6.45) is 9.70. The van der Waals surface area contributed by atoms with Gasteiger partial charge in [-0.3, -0.25) is 9.97 Å². The highest BCUT2D eigenvalue weighted by Crippen LogP contribution is 2.27. The molecular formula is C23H17F3N4. The molecule has 0 aromatic carbocycles.